The van der Waals surface area contributed by atoms with E-state index in [1.54, 1.807) is 27.6 Å². The lowest BCUT2D eigenvalue weighted by molar-refractivity contribution is 0.340. The minimum atomic E-state index is 0.640. The van der Waals surface area contributed by atoms with Gasteiger partial charge in [-0.3, -0.25) is 0 Å². The molecule has 0 aliphatic rings. The third-order valence-electron chi connectivity index (χ3n) is 3.28. The molecule has 128 valence electrons. The lowest BCUT2D eigenvalue weighted by atomic mass is 10.2. The van der Waals surface area contributed by atoms with Gasteiger partial charge in [0.25, 0.3) is 0 Å². The summed E-state index contributed by atoms with van der Waals surface area (Å²) >= 11 is 4.68. The first-order valence-electron chi connectivity index (χ1n) is 7.60. The monoisotopic (exact) mass is 390 g/mol. The Labute approximate surface area is 156 Å². The van der Waals surface area contributed by atoms with E-state index in [1.165, 1.54) is 11.3 Å². The Balaban J connectivity index is 1.58. The number of fused-ring (bicyclic) bond motifs is 1. The van der Waals surface area contributed by atoms with Gasteiger partial charge < -0.3 is 4.74 Å². The van der Waals surface area contributed by atoms with Crippen LogP contribution in [0.1, 0.15) is 17.8 Å². The molecule has 0 amide bonds. The summed E-state index contributed by atoms with van der Waals surface area (Å²) in [6.45, 7) is 4.56. The third kappa shape index (κ3) is 3.51. The average molecular weight is 391 g/mol. The van der Waals surface area contributed by atoms with Crippen molar-refractivity contribution in [2.75, 3.05) is 6.61 Å². The fourth-order valence-electron chi connectivity index (χ4n) is 2.21. The van der Waals surface area contributed by atoms with Crippen molar-refractivity contribution in [1.29, 1.82) is 0 Å². The largest absolute Gasteiger partial charge is 0.494 e. The van der Waals surface area contributed by atoms with Crippen molar-refractivity contribution in [3.8, 4) is 16.3 Å². The van der Waals surface area contributed by atoms with Crippen LogP contribution in [0.25, 0.3) is 15.5 Å². The van der Waals surface area contributed by atoms with Gasteiger partial charge in [-0.1, -0.05) is 46.6 Å². The molecule has 0 saturated heterocycles. The summed E-state index contributed by atoms with van der Waals surface area (Å²) in [6.07, 6.45) is 0. The van der Waals surface area contributed by atoms with Gasteiger partial charge in [0.1, 0.15) is 15.8 Å². The van der Waals surface area contributed by atoms with Crippen LogP contribution >= 0.6 is 34.4 Å². The van der Waals surface area contributed by atoms with E-state index >= 15 is 0 Å². The second-order valence-electron chi connectivity index (χ2n) is 5.05. The van der Waals surface area contributed by atoms with Crippen LogP contribution in [-0.4, -0.2) is 36.6 Å². The van der Waals surface area contributed by atoms with Crippen LogP contribution in [-0.2, 0) is 5.75 Å². The summed E-state index contributed by atoms with van der Waals surface area (Å²) < 4.78 is 8.29. The molecule has 3 heterocycles. The summed E-state index contributed by atoms with van der Waals surface area (Å²) in [7, 11) is 0. The van der Waals surface area contributed by atoms with E-state index in [2.05, 4.69) is 25.5 Å². The smallest absolute Gasteiger partial charge is 0.235 e. The van der Waals surface area contributed by atoms with Crippen molar-refractivity contribution in [1.82, 2.24) is 30.0 Å². The number of nitrogens with zero attached hydrogens (tertiary/aromatic N) is 6. The second kappa shape index (κ2) is 7.06. The molecular formula is C15H14N6OS3. The Morgan fingerprint density at radius 3 is 2.88 bits per heavy atom. The van der Waals surface area contributed by atoms with Crippen molar-refractivity contribution in [3.05, 3.63) is 35.1 Å². The Bertz CT molecular complexity index is 1010. The molecule has 4 rings (SSSR count). The van der Waals surface area contributed by atoms with E-state index in [-0.39, 0.29) is 0 Å². The van der Waals surface area contributed by atoms with Crippen molar-refractivity contribution < 1.29 is 4.74 Å². The number of thioether (sulfide) groups is 1. The number of aryl methyl sites for hydroxylation is 1. The van der Waals surface area contributed by atoms with E-state index in [1.807, 2.05) is 38.1 Å². The molecule has 4 aromatic rings. The van der Waals surface area contributed by atoms with Crippen LogP contribution in [0, 0.1) is 6.92 Å². The Kier molecular flexibility index (Phi) is 4.64. The fourth-order valence-corrected chi connectivity index (χ4v) is 4.79. The summed E-state index contributed by atoms with van der Waals surface area (Å²) in [4.78, 5) is 0.779. The van der Waals surface area contributed by atoms with E-state index in [9.17, 15) is 0 Å². The van der Waals surface area contributed by atoms with Gasteiger partial charge in [0.05, 0.1) is 12.4 Å². The zero-order valence-corrected chi connectivity index (χ0v) is 16.0. The van der Waals surface area contributed by atoms with Crippen molar-refractivity contribution >= 4 is 39.4 Å². The highest BCUT2D eigenvalue weighted by Crippen LogP contribution is 2.30. The lowest BCUT2D eigenvalue weighted by Gasteiger charge is -2.03. The summed E-state index contributed by atoms with van der Waals surface area (Å²) in [6, 6.07) is 7.93. The molecule has 0 saturated carbocycles. The summed E-state index contributed by atoms with van der Waals surface area (Å²) in [5.74, 6) is 2.29. The minimum Gasteiger partial charge on any atom is -0.494 e. The van der Waals surface area contributed by atoms with Gasteiger partial charge in [0, 0.05) is 5.56 Å². The molecule has 3 aromatic heterocycles. The van der Waals surface area contributed by atoms with Gasteiger partial charge >= 0.3 is 0 Å². The van der Waals surface area contributed by atoms with Crippen LogP contribution < -0.4 is 4.74 Å². The highest BCUT2D eigenvalue weighted by Gasteiger charge is 2.14. The van der Waals surface area contributed by atoms with E-state index in [0.717, 1.165) is 36.5 Å². The molecule has 0 aliphatic carbocycles. The van der Waals surface area contributed by atoms with Crippen molar-refractivity contribution in [3.63, 3.8) is 0 Å². The molecule has 10 heteroatoms. The maximum absolute atomic E-state index is 5.56. The Hall–Kier alpha value is -2.04. The molecule has 0 aliphatic heterocycles. The molecule has 0 fully saturated rings. The normalized spacial score (nSPS) is 11.3. The number of aromatic nitrogens is 6. The first kappa shape index (κ1) is 16.4. The fraction of sp³-hybridized carbons (Fsp3) is 0.267. The number of benzene rings is 1. The van der Waals surface area contributed by atoms with E-state index in [4.69, 9.17) is 4.74 Å². The van der Waals surface area contributed by atoms with Gasteiger partial charge in [-0.05, 0) is 26.0 Å². The number of hydrogen-bond donors (Lipinski definition) is 0. The number of ether oxygens (including phenoxy) is 1. The number of hydrogen-bond acceptors (Lipinski definition) is 9. The standard InChI is InChI=1S/C15H14N6OS3/c1-3-22-11-6-4-5-10(7-11)13-20-21-12(17-18-14(21)25-13)8-23-15-19-16-9(2)24-15/h4-7H,3,8H2,1-2H3. The van der Waals surface area contributed by atoms with Gasteiger partial charge in [-0.15, -0.1) is 20.4 Å². The molecule has 0 atom stereocenters. The SMILES string of the molecule is CCOc1cccc(-c2nn3c(CSc4nnc(C)s4)nnc3s2)c1. The summed E-state index contributed by atoms with van der Waals surface area (Å²) in [5, 5.41) is 23.1. The molecule has 0 bridgehead atoms. The highest BCUT2D eigenvalue weighted by atomic mass is 32.2. The Morgan fingerprint density at radius 1 is 1.16 bits per heavy atom. The predicted octanol–water partition coefficient (Wildman–Crippen LogP) is 3.70. The molecule has 0 radical (unpaired) electrons. The van der Waals surface area contributed by atoms with Crippen LogP contribution in [0.2, 0.25) is 0 Å². The van der Waals surface area contributed by atoms with Crippen LogP contribution in [0.4, 0.5) is 0 Å². The molecule has 25 heavy (non-hydrogen) atoms. The summed E-state index contributed by atoms with van der Waals surface area (Å²) in [5.41, 5.74) is 1.01. The molecular weight excluding hydrogens is 376 g/mol. The van der Waals surface area contributed by atoms with Gasteiger partial charge in [-0.25, -0.2) is 0 Å². The Morgan fingerprint density at radius 2 is 2.08 bits per heavy atom. The second-order valence-corrected chi connectivity index (χ2v) is 8.41. The van der Waals surface area contributed by atoms with Crippen LogP contribution in [0.15, 0.2) is 28.6 Å². The maximum Gasteiger partial charge on any atom is 0.235 e. The minimum absolute atomic E-state index is 0.640. The zero-order chi connectivity index (χ0) is 17.2. The van der Waals surface area contributed by atoms with Crippen LogP contribution in [0.3, 0.4) is 0 Å². The third-order valence-corrected chi connectivity index (χ3v) is 6.20. The van der Waals surface area contributed by atoms with E-state index < -0.39 is 0 Å². The molecule has 0 unspecified atom stereocenters. The maximum atomic E-state index is 5.56. The predicted molar refractivity (Wildman–Crippen MR) is 99.5 cm³/mol. The highest BCUT2D eigenvalue weighted by molar-refractivity contribution is 8.00. The molecule has 7 nitrogen and oxygen atoms in total. The molecule has 0 N–H and O–H groups in total. The van der Waals surface area contributed by atoms with Gasteiger partial charge in [-0.2, -0.15) is 9.61 Å². The lowest BCUT2D eigenvalue weighted by Crippen LogP contribution is -1.94. The quantitative estimate of drug-likeness (QED) is 0.464. The van der Waals surface area contributed by atoms with Crippen molar-refractivity contribution in [2.24, 2.45) is 0 Å². The number of rotatable bonds is 6. The first-order chi connectivity index (χ1) is 12.2. The van der Waals surface area contributed by atoms with Crippen LogP contribution in [0.5, 0.6) is 5.75 Å². The zero-order valence-electron chi connectivity index (χ0n) is 13.5. The average Bonchev–Trinajstić information content (AvgIpc) is 3.30. The first-order valence-corrected chi connectivity index (χ1v) is 10.2. The van der Waals surface area contributed by atoms with E-state index in [0.29, 0.717) is 12.4 Å². The molecule has 0 spiro atoms. The van der Waals surface area contributed by atoms with Gasteiger partial charge in [0.15, 0.2) is 10.2 Å². The topological polar surface area (TPSA) is 78.1 Å². The van der Waals surface area contributed by atoms with Gasteiger partial charge in [0.2, 0.25) is 4.96 Å². The van der Waals surface area contributed by atoms with Crippen molar-refractivity contribution in [2.45, 2.75) is 23.9 Å². The molecule has 1 aromatic carbocycles.